The molecule has 2 rings (SSSR count). The third-order valence-electron chi connectivity index (χ3n) is 3.37. The molecule has 2 aromatic carbocycles. The molecule has 0 fully saturated rings. The Morgan fingerprint density at radius 3 is 2.38 bits per heavy atom. The minimum absolute atomic E-state index is 0.770. The lowest BCUT2D eigenvalue weighted by atomic mass is 10.1. The van der Waals surface area contributed by atoms with Crippen LogP contribution in [0.2, 0.25) is 0 Å². The van der Waals surface area contributed by atoms with Gasteiger partial charge in [0.1, 0.15) is 6.07 Å². The minimum Gasteiger partial charge on any atom is -0.341 e. The first kappa shape index (κ1) is 15.5. The van der Waals surface area contributed by atoms with Crippen LogP contribution in [0.4, 0.5) is 11.4 Å². The lowest BCUT2D eigenvalue weighted by molar-refractivity contribution is 1.01. The maximum atomic E-state index is 9.57. The van der Waals surface area contributed by atoms with Gasteiger partial charge in [0.15, 0.2) is 0 Å². The fraction of sp³-hybridized carbons (Fsp3) is 0.278. The van der Waals surface area contributed by atoms with Crippen molar-refractivity contribution in [3.05, 3.63) is 53.6 Å². The molecule has 3 heteroatoms. The zero-order chi connectivity index (χ0) is 15.2. The van der Waals surface area contributed by atoms with Crippen LogP contribution in [-0.2, 0) is 0 Å². The van der Waals surface area contributed by atoms with Crippen molar-refractivity contribution in [1.82, 2.24) is 0 Å². The molecular weight excluding hydrogens is 276 g/mol. The van der Waals surface area contributed by atoms with Crippen LogP contribution >= 0.6 is 11.8 Å². The first-order chi connectivity index (χ1) is 10.2. The van der Waals surface area contributed by atoms with Crippen molar-refractivity contribution in [2.45, 2.75) is 25.7 Å². The van der Waals surface area contributed by atoms with Crippen molar-refractivity contribution in [3.8, 4) is 6.07 Å². The highest BCUT2D eigenvalue weighted by molar-refractivity contribution is 7.99. The van der Waals surface area contributed by atoms with Gasteiger partial charge in [-0.1, -0.05) is 30.7 Å². The molecule has 0 radical (unpaired) electrons. The largest absolute Gasteiger partial charge is 0.341 e. The van der Waals surface area contributed by atoms with Crippen LogP contribution in [0.25, 0.3) is 0 Å². The summed E-state index contributed by atoms with van der Waals surface area (Å²) in [6, 6.07) is 16.9. The SMILES string of the molecule is CCSc1cccc(N(CC)c2ccc(C)cc2)c1C#N. The molecule has 0 N–H and O–H groups in total. The maximum absolute atomic E-state index is 9.57. The van der Waals surface area contributed by atoms with Crippen molar-refractivity contribution in [1.29, 1.82) is 5.26 Å². The molecule has 0 aliphatic rings. The zero-order valence-electron chi connectivity index (χ0n) is 12.8. The molecule has 0 amide bonds. The van der Waals surface area contributed by atoms with E-state index in [9.17, 15) is 5.26 Å². The second-order valence-corrected chi connectivity index (χ2v) is 6.08. The predicted molar refractivity (Wildman–Crippen MR) is 91.4 cm³/mol. The fourth-order valence-corrected chi connectivity index (χ4v) is 3.13. The minimum atomic E-state index is 0.770. The molecule has 0 aliphatic carbocycles. The molecule has 108 valence electrons. The van der Waals surface area contributed by atoms with Gasteiger partial charge in [0.2, 0.25) is 0 Å². The number of hydrogen-bond donors (Lipinski definition) is 0. The lowest BCUT2D eigenvalue weighted by Crippen LogP contribution is -2.17. The molecule has 0 spiro atoms. The first-order valence-electron chi connectivity index (χ1n) is 7.21. The number of nitriles is 1. The number of rotatable bonds is 5. The standard InChI is InChI=1S/C18H20N2S/c1-4-20(15-11-9-14(3)10-12-15)17-7-6-8-18(21-5-2)16(17)13-19/h6-12H,4-5H2,1-3H3. The van der Waals surface area contributed by atoms with Gasteiger partial charge in [-0.25, -0.2) is 0 Å². The van der Waals surface area contributed by atoms with Gasteiger partial charge in [0, 0.05) is 17.1 Å². The molecule has 2 nitrogen and oxygen atoms in total. The predicted octanol–water partition coefficient (Wildman–Crippen LogP) is 5.14. The van der Waals surface area contributed by atoms with Crippen molar-refractivity contribution in [2.24, 2.45) is 0 Å². The first-order valence-corrected chi connectivity index (χ1v) is 8.20. The van der Waals surface area contributed by atoms with Gasteiger partial charge < -0.3 is 4.90 Å². The van der Waals surface area contributed by atoms with Crippen LogP contribution < -0.4 is 4.90 Å². The van der Waals surface area contributed by atoms with E-state index in [2.05, 4.69) is 56.0 Å². The van der Waals surface area contributed by atoms with Gasteiger partial charge in [-0.2, -0.15) is 5.26 Å². The summed E-state index contributed by atoms with van der Waals surface area (Å²) in [7, 11) is 0. The van der Waals surface area contributed by atoms with E-state index in [1.807, 2.05) is 18.2 Å². The summed E-state index contributed by atoms with van der Waals surface area (Å²) in [5.74, 6) is 0.967. The molecule has 2 aromatic rings. The van der Waals surface area contributed by atoms with E-state index in [1.54, 1.807) is 11.8 Å². The van der Waals surface area contributed by atoms with Gasteiger partial charge in [0.05, 0.1) is 11.3 Å². The Kier molecular flexibility index (Phi) is 5.30. The van der Waals surface area contributed by atoms with E-state index >= 15 is 0 Å². The van der Waals surface area contributed by atoms with Gasteiger partial charge in [-0.05, 0) is 43.9 Å². The smallest absolute Gasteiger partial charge is 0.103 e. The normalized spacial score (nSPS) is 10.2. The number of nitrogens with zero attached hydrogens (tertiary/aromatic N) is 2. The van der Waals surface area contributed by atoms with Crippen molar-refractivity contribution in [3.63, 3.8) is 0 Å². The van der Waals surface area contributed by atoms with E-state index in [0.29, 0.717) is 0 Å². The van der Waals surface area contributed by atoms with Gasteiger partial charge in [-0.3, -0.25) is 0 Å². The summed E-state index contributed by atoms with van der Waals surface area (Å²) in [6.45, 7) is 7.13. The quantitative estimate of drug-likeness (QED) is 0.715. The fourth-order valence-electron chi connectivity index (χ4n) is 2.35. The van der Waals surface area contributed by atoms with Crippen LogP contribution in [0.5, 0.6) is 0 Å². The highest BCUT2D eigenvalue weighted by Gasteiger charge is 2.14. The summed E-state index contributed by atoms with van der Waals surface area (Å²) in [5.41, 5.74) is 4.12. The van der Waals surface area contributed by atoms with Gasteiger partial charge in [-0.15, -0.1) is 11.8 Å². The number of benzene rings is 2. The maximum Gasteiger partial charge on any atom is 0.103 e. The molecule has 21 heavy (non-hydrogen) atoms. The van der Waals surface area contributed by atoms with Crippen LogP contribution in [0.15, 0.2) is 47.4 Å². The highest BCUT2D eigenvalue weighted by Crippen LogP contribution is 2.34. The molecule has 0 saturated carbocycles. The Balaban J connectivity index is 2.50. The molecule has 0 heterocycles. The van der Waals surface area contributed by atoms with Crippen molar-refractivity contribution < 1.29 is 0 Å². The Hall–Kier alpha value is -1.92. The monoisotopic (exact) mass is 296 g/mol. The Morgan fingerprint density at radius 1 is 1.10 bits per heavy atom. The highest BCUT2D eigenvalue weighted by atomic mass is 32.2. The zero-order valence-corrected chi connectivity index (χ0v) is 13.6. The van der Waals surface area contributed by atoms with Gasteiger partial charge in [0.25, 0.3) is 0 Å². The number of thioether (sulfide) groups is 1. The summed E-state index contributed by atoms with van der Waals surface area (Å²) < 4.78 is 0. The van der Waals surface area contributed by atoms with Crippen molar-refractivity contribution in [2.75, 3.05) is 17.2 Å². The number of hydrogen-bond acceptors (Lipinski definition) is 3. The molecule has 0 atom stereocenters. The Morgan fingerprint density at radius 2 is 1.81 bits per heavy atom. The van der Waals surface area contributed by atoms with Crippen LogP contribution in [0.1, 0.15) is 25.0 Å². The van der Waals surface area contributed by atoms with Crippen molar-refractivity contribution >= 4 is 23.1 Å². The third-order valence-corrected chi connectivity index (χ3v) is 4.31. The summed E-state index contributed by atoms with van der Waals surface area (Å²) in [6.07, 6.45) is 0. The molecule has 0 saturated heterocycles. The second kappa shape index (κ2) is 7.19. The molecule has 0 aliphatic heterocycles. The molecule has 0 aromatic heterocycles. The van der Waals surface area contributed by atoms with Gasteiger partial charge >= 0.3 is 0 Å². The Labute approximate surface area is 131 Å². The molecular formula is C18H20N2S. The number of aryl methyl sites for hydroxylation is 1. The third kappa shape index (κ3) is 3.40. The Bertz CT molecular complexity index is 641. The van der Waals surface area contributed by atoms with E-state index in [0.717, 1.165) is 34.1 Å². The second-order valence-electron chi connectivity index (χ2n) is 4.77. The van der Waals surface area contributed by atoms with E-state index in [1.165, 1.54) is 5.56 Å². The average Bonchev–Trinajstić information content (AvgIpc) is 2.50. The van der Waals surface area contributed by atoms with Crippen LogP contribution in [0, 0.1) is 18.3 Å². The molecule has 0 bridgehead atoms. The number of anilines is 2. The lowest BCUT2D eigenvalue weighted by Gasteiger charge is -2.25. The van der Waals surface area contributed by atoms with E-state index in [-0.39, 0.29) is 0 Å². The summed E-state index contributed by atoms with van der Waals surface area (Å²) in [5, 5.41) is 9.57. The van der Waals surface area contributed by atoms with Crippen LogP contribution in [-0.4, -0.2) is 12.3 Å². The average molecular weight is 296 g/mol. The van der Waals surface area contributed by atoms with E-state index in [4.69, 9.17) is 0 Å². The summed E-state index contributed by atoms with van der Waals surface area (Å²) >= 11 is 1.72. The molecule has 0 unspecified atom stereocenters. The van der Waals surface area contributed by atoms with E-state index < -0.39 is 0 Å². The van der Waals surface area contributed by atoms with Crippen LogP contribution in [0.3, 0.4) is 0 Å². The topological polar surface area (TPSA) is 27.0 Å². The summed E-state index contributed by atoms with van der Waals surface area (Å²) in [4.78, 5) is 3.25.